The highest BCUT2D eigenvalue weighted by Crippen LogP contribution is 2.22. The third-order valence-corrected chi connectivity index (χ3v) is 7.44. The topological polar surface area (TPSA) is 96.0 Å². The van der Waals surface area contributed by atoms with Crippen LogP contribution in [0.1, 0.15) is 31.9 Å². The number of benzene rings is 2. The molecule has 9 heteroatoms. The van der Waals surface area contributed by atoms with Crippen molar-refractivity contribution < 1.29 is 22.7 Å². The van der Waals surface area contributed by atoms with Crippen molar-refractivity contribution in [2.45, 2.75) is 31.2 Å². The molecule has 0 radical (unpaired) electrons. The molecule has 0 saturated carbocycles. The molecule has 0 spiro atoms. The molecule has 1 N–H and O–H groups in total. The lowest BCUT2D eigenvalue weighted by Gasteiger charge is -2.36. The van der Waals surface area contributed by atoms with E-state index in [9.17, 15) is 18.0 Å². The van der Waals surface area contributed by atoms with Crippen LogP contribution in [0.2, 0.25) is 0 Å². The molecular formula is C24H31N3O5S. The van der Waals surface area contributed by atoms with E-state index in [-0.39, 0.29) is 48.8 Å². The summed E-state index contributed by atoms with van der Waals surface area (Å²) in [4.78, 5) is 27.6. The predicted molar refractivity (Wildman–Crippen MR) is 125 cm³/mol. The van der Waals surface area contributed by atoms with E-state index in [0.29, 0.717) is 17.7 Å². The highest BCUT2D eigenvalue weighted by Gasteiger charge is 2.33. The molecule has 1 aliphatic rings. The van der Waals surface area contributed by atoms with Crippen molar-refractivity contribution >= 4 is 21.8 Å². The molecule has 1 heterocycles. The first-order valence-electron chi connectivity index (χ1n) is 11.0. The summed E-state index contributed by atoms with van der Waals surface area (Å²) >= 11 is 0. The Balaban J connectivity index is 1.70. The maximum Gasteiger partial charge on any atom is 0.249 e. The number of hydrogen-bond donors (Lipinski definition) is 1. The lowest BCUT2D eigenvalue weighted by Crippen LogP contribution is -2.53. The van der Waals surface area contributed by atoms with Crippen LogP contribution in [0.15, 0.2) is 59.5 Å². The highest BCUT2D eigenvalue weighted by molar-refractivity contribution is 7.89. The first-order chi connectivity index (χ1) is 15.7. The number of hydrogen-bond acceptors (Lipinski definition) is 5. The summed E-state index contributed by atoms with van der Waals surface area (Å²) in [7, 11) is -2.15. The van der Waals surface area contributed by atoms with E-state index >= 15 is 0 Å². The van der Waals surface area contributed by atoms with Gasteiger partial charge in [0.25, 0.3) is 0 Å². The summed E-state index contributed by atoms with van der Waals surface area (Å²) < 4.78 is 32.5. The lowest BCUT2D eigenvalue weighted by atomic mass is 10.0. The molecule has 2 aromatic carbocycles. The number of nitrogens with zero attached hydrogens (tertiary/aromatic N) is 2. The zero-order valence-electron chi connectivity index (χ0n) is 19.2. The Morgan fingerprint density at radius 1 is 0.970 bits per heavy atom. The zero-order valence-corrected chi connectivity index (χ0v) is 20.0. The van der Waals surface area contributed by atoms with Gasteiger partial charge in [0.1, 0.15) is 11.8 Å². The average Bonchev–Trinajstić information content (AvgIpc) is 2.82. The van der Waals surface area contributed by atoms with Crippen LogP contribution in [0.4, 0.5) is 0 Å². The third kappa shape index (κ3) is 6.11. The van der Waals surface area contributed by atoms with Gasteiger partial charge in [0.15, 0.2) is 0 Å². The van der Waals surface area contributed by atoms with E-state index in [4.69, 9.17) is 4.74 Å². The van der Waals surface area contributed by atoms with Crippen LogP contribution < -0.4 is 10.1 Å². The molecule has 178 valence electrons. The van der Waals surface area contributed by atoms with E-state index < -0.39 is 16.1 Å². The van der Waals surface area contributed by atoms with Crippen molar-refractivity contribution in [1.82, 2.24) is 14.5 Å². The maximum atomic E-state index is 13.3. The molecule has 1 unspecified atom stereocenters. The fraction of sp³-hybridized carbons (Fsp3) is 0.417. The molecule has 0 aliphatic carbocycles. The van der Waals surface area contributed by atoms with Crippen molar-refractivity contribution in [2.75, 3.05) is 33.3 Å². The summed E-state index contributed by atoms with van der Waals surface area (Å²) in [5, 5.41) is 2.87. The van der Waals surface area contributed by atoms with E-state index in [1.54, 1.807) is 17.0 Å². The van der Waals surface area contributed by atoms with E-state index in [1.165, 1.54) is 23.5 Å². The monoisotopic (exact) mass is 473 g/mol. The Morgan fingerprint density at radius 2 is 1.58 bits per heavy atom. The molecule has 0 aromatic heterocycles. The molecule has 0 bridgehead atoms. The predicted octanol–water partition coefficient (Wildman–Crippen LogP) is 2.43. The number of nitrogens with one attached hydrogen (secondary N) is 1. The number of methoxy groups -OCH3 is 1. The second-order valence-corrected chi connectivity index (χ2v) is 10.4. The summed E-state index contributed by atoms with van der Waals surface area (Å²) in [5.74, 6) is 0.326. The normalized spacial score (nSPS) is 15.8. The van der Waals surface area contributed by atoms with Gasteiger partial charge >= 0.3 is 0 Å². The van der Waals surface area contributed by atoms with Crippen LogP contribution in [0.25, 0.3) is 0 Å². The Kier molecular flexibility index (Phi) is 8.10. The summed E-state index contributed by atoms with van der Waals surface area (Å²) in [6, 6.07) is 14.6. The molecule has 1 fully saturated rings. The Labute approximate surface area is 195 Å². The van der Waals surface area contributed by atoms with Crippen molar-refractivity contribution in [3.63, 3.8) is 0 Å². The summed E-state index contributed by atoms with van der Waals surface area (Å²) in [6.45, 7) is 4.75. The number of amides is 2. The number of piperazine rings is 1. The largest absolute Gasteiger partial charge is 0.497 e. The number of sulfonamides is 1. The molecule has 1 atom stereocenters. The van der Waals surface area contributed by atoms with Crippen molar-refractivity contribution in [1.29, 1.82) is 0 Å². The maximum absolute atomic E-state index is 13.3. The van der Waals surface area contributed by atoms with E-state index in [0.717, 1.165) is 0 Å². The third-order valence-electron chi connectivity index (χ3n) is 5.53. The average molecular weight is 474 g/mol. The highest BCUT2D eigenvalue weighted by atomic mass is 32.2. The van der Waals surface area contributed by atoms with Gasteiger partial charge in [-0.2, -0.15) is 4.31 Å². The summed E-state index contributed by atoms with van der Waals surface area (Å²) in [5.41, 5.74) is 0.702. The quantitative estimate of drug-likeness (QED) is 0.635. The number of carbonyl (C=O) groups excluding carboxylic acids is 2. The molecule has 8 nitrogen and oxygen atoms in total. The molecule has 1 saturated heterocycles. The second-order valence-electron chi connectivity index (χ2n) is 8.41. The molecule has 2 aromatic rings. The summed E-state index contributed by atoms with van der Waals surface area (Å²) in [6.07, 6.45) is 0.324. The minimum Gasteiger partial charge on any atom is -0.497 e. The standard InChI is InChI=1S/C24H31N3O5S/c1-18(2)17-22(28)25-23(19-7-5-4-6-8-19)24(29)26-13-15-27(16-14-26)33(30,31)21-11-9-20(32-3)10-12-21/h4-12,18,23H,13-17H2,1-3H3,(H,25,28). The van der Waals surface area contributed by atoms with Gasteiger partial charge in [-0.3, -0.25) is 9.59 Å². The van der Waals surface area contributed by atoms with Gasteiger partial charge in [0.2, 0.25) is 21.8 Å². The number of ether oxygens (including phenoxy) is 1. The van der Waals surface area contributed by atoms with Gasteiger partial charge in [-0.05, 0) is 35.7 Å². The molecular weight excluding hydrogens is 442 g/mol. The lowest BCUT2D eigenvalue weighted by molar-refractivity contribution is -0.137. The van der Waals surface area contributed by atoms with Crippen LogP contribution in [0.3, 0.4) is 0 Å². The molecule has 1 aliphatic heterocycles. The molecule has 2 amide bonds. The Morgan fingerprint density at radius 3 is 2.12 bits per heavy atom. The van der Waals surface area contributed by atoms with Crippen molar-refractivity contribution in [3.8, 4) is 5.75 Å². The van der Waals surface area contributed by atoms with Gasteiger partial charge in [0, 0.05) is 32.6 Å². The van der Waals surface area contributed by atoms with Crippen molar-refractivity contribution in [3.05, 3.63) is 60.2 Å². The Bertz CT molecular complexity index is 1050. The van der Waals surface area contributed by atoms with Gasteiger partial charge in [-0.15, -0.1) is 0 Å². The zero-order chi connectivity index (χ0) is 24.0. The van der Waals surface area contributed by atoms with Gasteiger partial charge in [0.05, 0.1) is 12.0 Å². The van der Waals surface area contributed by atoms with Crippen LogP contribution in [-0.2, 0) is 19.6 Å². The first-order valence-corrected chi connectivity index (χ1v) is 12.4. The molecule has 33 heavy (non-hydrogen) atoms. The van der Waals surface area contributed by atoms with Crippen LogP contribution in [-0.4, -0.2) is 62.7 Å². The van der Waals surface area contributed by atoms with Crippen molar-refractivity contribution in [2.24, 2.45) is 5.92 Å². The second kappa shape index (κ2) is 10.8. The smallest absolute Gasteiger partial charge is 0.249 e. The number of carbonyl (C=O) groups is 2. The van der Waals surface area contributed by atoms with E-state index in [2.05, 4.69) is 5.32 Å². The van der Waals surface area contributed by atoms with Gasteiger partial charge in [-0.25, -0.2) is 8.42 Å². The minimum absolute atomic E-state index is 0.170. The first kappa shape index (κ1) is 24.7. The SMILES string of the molecule is COc1ccc(S(=O)(=O)N2CCN(C(=O)C(NC(=O)CC(C)C)c3ccccc3)CC2)cc1. The fourth-order valence-electron chi connectivity index (χ4n) is 3.75. The van der Waals surface area contributed by atoms with Gasteiger partial charge < -0.3 is 15.0 Å². The van der Waals surface area contributed by atoms with Crippen LogP contribution in [0.5, 0.6) is 5.75 Å². The van der Waals surface area contributed by atoms with Crippen LogP contribution in [0, 0.1) is 5.92 Å². The molecule has 3 rings (SSSR count). The van der Waals surface area contributed by atoms with Gasteiger partial charge in [-0.1, -0.05) is 44.2 Å². The van der Waals surface area contributed by atoms with Crippen LogP contribution >= 0.6 is 0 Å². The fourth-order valence-corrected chi connectivity index (χ4v) is 5.17. The van der Waals surface area contributed by atoms with E-state index in [1.807, 2.05) is 44.2 Å². The Hall–Kier alpha value is -2.91. The number of rotatable bonds is 8. The minimum atomic E-state index is -3.67.